The Balaban J connectivity index is 1.26. The molecule has 1 saturated heterocycles. The molecular weight excluding hydrogens is 423 g/mol. The quantitative estimate of drug-likeness (QED) is 0.614. The minimum absolute atomic E-state index is 0.0928. The second-order valence-corrected chi connectivity index (χ2v) is 9.13. The van der Waals surface area contributed by atoms with Gasteiger partial charge in [0.25, 0.3) is 0 Å². The number of benzene rings is 2. The molecule has 1 fully saturated rings. The zero-order valence-electron chi connectivity index (χ0n) is 16.4. The largest absolute Gasteiger partial charge is 0.454 e. The summed E-state index contributed by atoms with van der Waals surface area (Å²) in [7, 11) is -3.65. The topological polar surface area (TPSA) is 84.9 Å². The average molecular weight is 442 g/mol. The fraction of sp³-hybridized carbons (Fsp3) is 0.238. The van der Waals surface area contributed by atoms with Gasteiger partial charge in [-0.25, -0.2) is 12.8 Å². The number of piperazine rings is 1. The van der Waals surface area contributed by atoms with Gasteiger partial charge in [-0.2, -0.15) is 4.31 Å². The summed E-state index contributed by atoms with van der Waals surface area (Å²) in [5.41, 5.74) is 1.58. The van der Waals surface area contributed by atoms with E-state index in [9.17, 15) is 12.8 Å². The van der Waals surface area contributed by atoms with Gasteiger partial charge in [-0.15, -0.1) is 10.2 Å². The van der Waals surface area contributed by atoms with Gasteiger partial charge in [0.2, 0.25) is 16.8 Å². The number of anilines is 1. The predicted molar refractivity (Wildman–Crippen MR) is 111 cm³/mol. The van der Waals surface area contributed by atoms with Crippen LogP contribution in [-0.4, -0.2) is 55.9 Å². The number of nitrogens with zero attached hydrogens (tertiary/aromatic N) is 4. The number of halogens is 1. The molecule has 0 radical (unpaired) electrons. The van der Waals surface area contributed by atoms with Gasteiger partial charge < -0.3 is 14.4 Å². The highest BCUT2D eigenvalue weighted by molar-refractivity contribution is 7.89. The zero-order valence-corrected chi connectivity index (χ0v) is 17.3. The van der Waals surface area contributed by atoms with Crippen molar-refractivity contribution in [3.05, 3.63) is 60.4 Å². The van der Waals surface area contributed by atoms with Crippen molar-refractivity contribution in [3.8, 4) is 22.8 Å². The van der Waals surface area contributed by atoms with Crippen LogP contribution in [0, 0.1) is 5.82 Å². The van der Waals surface area contributed by atoms with Gasteiger partial charge in [-0.1, -0.05) is 0 Å². The van der Waals surface area contributed by atoms with E-state index in [2.05, 4.69) is 10.2 Å². The van der Waals surface area contributed by atoms with Crippen LogP contribution in [0.2, 0.25) is 0 Å². The summed E-state index contributed by atoms with van der Waals surface area (Å²) < 4.78 is 50.8. The fourth-order valence-electron chi connectivity index (χ4n) is 3.62. The molecule has 0 saturated carbocycles. The second-order valence-electron chi connectivity index (χ2n) is 7.19. The maximum Gasteiger partial charge on any atom is 0.243 e. The lowest BCUT2D eigenvalue weighted by atomic mass is 10.1. The molecule has 160 valence electrons. The van der Waals surface area contributed by atoms with E-state index in [1.54, 1.807) is 0 Å². The van der Waals surface area contributed by atoms with Crippen LogP contribution < -0.4 is 14.4 Å². The first-order valence-electron chi connectivity index (χ1n) is 9.75. The third kappa shape index (κ3) is 3.79. The highest BCUT2D eigenvalue weighted by Crippen LogP contribution is 2.35. The van der Waals surface area contributed by atoms with Gasteiger partial charge >= 0.3 is 0 Å². The van der Waals surface area contributed by atoms with Gasteiger partial charge in [0, 0.05) is 31.7 Å². The lowest BCUT2D eigenvalue weighted by Crippen LogP contribution is -2.49. The summed E-state index contributed by atoms with van der Waals surface area (Å²) in [5, 5.41) is 8.64. The van der Waals surface area contributed by atoms with E-state index in [0.29, 0.717) is 49.2 Å². The van der Waals surface area contributed by atoms with Crippen molar-refractivity contribution >= 4 is 15.8 Å². The molecule has 2 aliphatic rings. The molecule has 0 N–H and O–H groups in total. The summed E-state index contributed by atoms with van der Waals surface area (Å²) >= 11 is 0. The Morgan fingerprint density at radius 3 is 2.29 bits per heavy atom. The molecule has 0 atom stereocenters. The van der Waals surface area contributed by atoms with Crippen molar-refractivity contribution < 1.29 is 22.3 Å². The lowest BCUT2D eigenvalue weighted by molar-refractivity contribution is 0.174. The SMILES string of the molecule is O=S(=O)(c1ccc(F)cc1)N1CCN(c2ccc(-c3ccc4c(c3)OCO4)nn2)CC1. The van der Waals surface area contributed by atoms with Crippen molar-refractivity contribution in [2.75, 3.05) is 37.9 Å². The Kier molecular flexibility index (Phi) is 4.95. The van der Waals surface area contributed by atoms with E-state index in [0.717, 1.165) is 17.7 Å². The smallest absolute Gasteiger partial charge is 0.243 e. The molecule has 3 aromatic rings. The maximum atomic E-state index is 13.1. The van der Waals surface area contributed by atoms with Crippen LogP contribution in [0.3, 0.4) is 0 Å². The van der Waals surface area contributed by atoms with Crippen LogP contribution in [0.25, 0.3) is 11.3 Å². The molecule has 31 heavy (non-hydrogen) atoms. The standard InChI is InChI=1S/C21H19FN4O4S/c22-16-2-4-17(5-3-16)31(27,28)26-11-9-25(10-12-26)21-8-6-18(23-24-21)15-1-7-19-20(13-15)30-14-29-19/h1-8,13H,9-12,14H2. The second kappa shape index (κ2) is 7.78. The number of aromatic nitrogens is 2. The molecule has 0 aliphatic carbocycles. The van der Waals surface area contributed by atoms with Gasteiger partial charge in [0.15, 0.2) is 17.3 Å². The van der Waals surface area contributed by atoms with Crippen molar-refractivity contribution in [1.82, 2.24) is 14.5 Å². The van der Waals surface area contributed by atoms with Crippen LogP contribution in [0.1, 0.15) is 0 Å². The van der Waals surface area contributed by atoms with Crippen molar-refractivity contribution in [2.45, 2.75) is 4.90 Å². The molecule has 2 aromatic carbocycles. The Labute approximate surface area is 178 Å². The van der Waals surface area contributed by atoms with E-state index in [-0.39, 0.29) is 11.7 Å². The number of fused-ring (bicyclic) bond motifs is 1. The number of ether oxygens (including phenoxy) is 2. The molecule has 0 bridgehead atoms. The van der Waals surface area contributed by atoms with Crippen molar-refractivity contribution in [3.63, 3.8) is 0 Å². The van der Waals surface area contributed by atoms with Gasteiger partial charge in [-0.3, -0.25) is 0 Å². The van der Waals surface area contributed by atoms with Crippen LogP contribution in [0.15, 0.2) is 59.5 Å². The molecule has 8 nitrogen and oxygen atoms in total. The fourth-order valence-corrected chi connectivity index (χ4v) is 5.04. The highest BCUT2D eigenvalue weighted by Gasteiger charge is 2.29. The lowest BCUT2D eigenvalue weighted by Gasteiger charge is -2.34. The first kappa shape index (κ1) is 19.7. The third-order valence-electron chi connectivity index (χ3n) is 5.33. The van der Waals surface area contributed by atoms with Crippen LogP contribution in [-0.2, 0) is 10.0 Å². The molecule has 0 spiro atoms. The first-order chi connectivity index (χ1) is 15.0. The normalized spacial score (nSPS) is 16.5. The van der Waals surface area contributed by atoms with Crippen LogP contribution in [0.5, 0.6) is 11.5 Å². The van der Waals surface area contributed by atoms with Crippen molar-refractivity contribution in [1.29, 1.82) is 0 Å². The number of sulfonamides is 1. The molecule has 3 heterocycles. The predicted octanol–water partition coefficient (Wildman–Crippen LogP) is 2.52. The van der Waals surface area contributed by atoms with Gasteiger partial charge in [0.05, 0.1) is 10.6 Å². The Morgan fingerprint density at radius 2 is 1.58 bits per heavy atom. The Bertz CT molecular complexity index is 1200. The van der Waals surface area contributed by atoms with E-state index < -0.39 is 15.8 Å². The van der Waals surface area contributed by atoms with Gasteiger partial charge in [0.1, 0.15) is 5.82 Å². The van der Waals surface area contributed by atoms with E-state index in [4.69, 9.17) is 9.47 Å². The van der Waals surface area contributed by atoms with Crippen LogP contribution in [0.4, 0.5) is 10.2 Å². The highest BCUT2D eigenvalue weighted by atomic mass is 32.2. The summed E-state index contributed by atoms with van der Waals surface area (Å²) in [6, 6.07) is 14.2. The van der Waals surface area contributed by atoms with Crippen LogP contribution >= 0.6 is 0 Å². The molecular formula is C21H19FN4O4S. The van der Waals surface area contributed by atoms with E-state index in [1.165, 1.54) is 16.4 Å². The molecule has 1 aromatic heterocycles. The van der Waals surface area contributed by atoms with Gasteiger partial charge in [-0.05, 0) is 54.6 Å². The monoisotopic (exact) mass is 442 g/mol. The molecule has 2 aliphatic heterocycles. The molecule has 0 amide bonds. The third-order valence-corrected chi connectivity index (χ3v) is 7.25. The minimum Gasteiger partial charge on any atom is -0.454 e. The summed E-state index contributed by atoms with van der Waals surface area (Å²) in [6.45, 7) is 1.81. The summed E-state index contributed by atoms with van der Waals surface area (Å²) in [5.74, 6) is 1.61. The molecule has 10 heteroatoms. The number of rotatable bonds is 4. The Hall–Kier alpha value is -3.24. The van der Waals surface area contributed by atoms with Crippen molar-refractivity contribution in [2.24, 2.45) is 0 Å². The summed E-state index contributed by atoms with van der Waals surface area (Å²) in [4.78, 5) is 2.09. The number of hydrogen-bond donors (Lipinski definition) is 0. The Morgan fingerprint density at radius 1 is 0.839 bits per heavy atom. The average Bonchev–Trinajstić information content (AvgIpc) is 3.28. The molecule has 0 unspecified atom stereocenters. The first-order valence-corrected chi connectivity index (χ1v) is 11.2. The zero-order chi connectivity index (χ0) is 21.4. The number of hydrogen-bond acceptors (Lipinski definition) is 7. The van der Waals surface area contributed by atoms with E-state index >= 15 is 0 Å². The summed E-state index contributed by atoms with van der Waals surface area (Å²) in [6.07, 6.45) is 0. The van der Waals surface area contributed by atoms with E-state index in [1.807, 2.05) is 35.2 Å². The maximum absolute atomic E-state index is 13.1. The molecule has 5 rings (SSSR count). The minimum atomic E-state index is -3.65.